The Hall–Kier alpha value is -1.36. The van der Waals surface area contributed by atoms with E-state index < -0.39 is 0 Å². The van der Waals surface area contributed by atoms with Gasteiger partial charge in [0.25, 0.3) is 0 Å². The lowest BCUT2D eigenvalue weighted by Gasteiger charge is -2.39. The van der Waals surface area contributed by atoms with Crippen LogP contribution in [0.2, 0.25) is 0 Å². The molecule has 1 saturated heterocycles. The Morgan fingerprint density at radius 3 is 2.86 bits per heavy atom. The number of nitrogens with zero attached hydrogens (tertiary/aromatic N) is 3. The molecule has 0 atom stereocenters. The smallest absolute Gasteiger partial charge is 0.151 e. The van der Waals surface area contributed by atoms with Crippen molar-refractivity contribution in [3.63, 3.8) is 0 Å². The lowest BCUT2D eigenvalue weighted by Crippen LogP contribution is -2.52. The van der Waals surface area contributed by atoms with Crippen LogP contribution in [0.3, 0.4) is 0 Å². The third kappa shape index (κ3) is 1.77. The third-order valence-electron chi connectivity index (χ3n) is 2.25. The molecule has 14 heavy (non-hydrogen) atoms. The lowest BCUT2D eigenvalue weighted by molar-refractivity contribution is 0.0426. The summed E-state index contributed by atoms with van der Waals surface area (Å²) >= 11 is 0. The fraction of sp³-hybridized carbons (Fsp3) is 0.556. The highest BCUT2D eigenvalue weighted by atomic mass is 16.5. The molecule has 0 aromatic carbocycles. The van der Waals surface area contributed by atoms with E-state index in [1.807, 2.05) is 13.0 Å². The van der Waals surface area contributed by atoms with Gasteiger partial charge in [-0.05, 0) is 19.1 Å². The maximum atomic E-state index is 5.44. The highest BCUT2D eigenvalue weighted by molar-refractivity contribution is 5.44. The van der Waals surface area contributed by atoms with Crippen LogP contribution in [-0.2, 0) is 4.74 Å². The second-order valence-corrected chi connectivity index (χ2v) is 3.30. The van der Waals surface area contributed by atoms with Crippen molar-refractivity contribution in [3.8, 4) is 0 Å². The quantitative estimate of drug-likeness (QED) is 0.749. The van der Waals surface area contributed by atoms with Gasteiger partial charge in [-0.15, -0.1) is 10.2 Å². The van der Waals surface area contributed by atoms with E-state index in [9.17, 15) is 0 Å². The molecule has 0 unspecified atom stereocenters. The molecular weight excluding hydrogens is 180 g/mol. The minimum atomic E-state index is 0.347. The van der Waals surface area contributed by atoms with E-state index in [1.165, 1.54) is 0 Å². The summed E-state index contributed by atoms with van der Waals surface area (Å²) in [6.45, 7) is 4.57. The first-order valence-corrected chi connectivity index (χ1v) is 4.75. The number of anilines is 2. The van der Waals surface area contributed by atoms with Crippen LogP contribution in [0.4, 0.5) is 11.6 Å². The number of ether oxygens (including phenoxy) is 1. The first-order chi connectivity index (χ1) is 6.79. The molecule has 1 aromatic heterocycles. The zero-order chi connectivity index (χ0) is 9.97. The van der Waals surface area contributed by atoms with Crippen molar-refractivity contribution in [3.05, 3.63) is 12.1 Å². The molecule has 0 spiro atoms. The molecule has 2 N–H and O–H groups in total. The summed E-state index contributed by atoms with van der Waals surface area (Å²) in [7, 11) is 0. The molecule has 1 aromatic rings. The largest absolute Gasteiger partial charge is 0.382 e. The number of nitrogen functional groups attached to an aromatic ring is 1. The number of hydrogen-bond acceptors (Lipinski definition) is 5. The van der Waals surface area contributed by atoms with E-state index in [-0.39, 0.29) is 0 Å². The summed E-state index contributed by atoms with van der Waals surface area (Å²) in [5, 5.41) is 7.79. The van der Waals surface area contributed by atoms with Crippen LogP contribution in [0.1, 0.15) is 6.92 Å². The van der Waals surface area contributed by atoms with Crippen molar-refractivity contribution in [2.24, 2.45) is 0 Å². The lowest BCUT2D eigenvalue weighted by atomic mass is 10.1. The van der Waals surface area contributed by atoms with Crippen LogP contribution in [0.5, 0.6) is 0 Å². The van der Waals surface area contributed by atoms with E-state index >= 15 is 0 Å². The molecule has 1 aliphatic heterocycles. The van der Waals surface area contributed by atoms with Crippen molar-refractivity contribution in [1.29, 1.82) is 0 Å². The second kappa shape index (κ2) is 3.79. The fourth-order valence-electron chi connectivity index (χ4n) is 1.47. The Balaban J connectivity index is 1.90. The van der Waals surface area contributed by atoms with Crippen molar-refractivity contribution in [1.82, 2.24) is 10.2 Å². The highest BCUT2D eigenvalue weighted by Crippen LogP contribution is 2.19. The van der Waals surface area contributed by atoms with Crippen molar-refractivity contribution >= 4 is 11.6 Å². The molecule has 1 fully saturated rings. The number of rotatable bonds is 3. The molecule has 0 amide bonds. The van der Waals surface area contributed by atoms with E-state index in [2.05, 4.69) is 15.1 Å². The molecule has 76 valence electrons. The summed E-state index contributed by atoms with van der Waals surface area (Å²) in [4.78, 5) is 2.12. The molecule has 1 aliphatic rings. The molecule has 2 rings (SSSR count). The minimum absolute atomic E-state index is 0.347. The Kier molecular flexibility index (Phi) is 2.49. The van der Waals surface area contributed by atoms with Crippen LogP contribution < -0.4 is 10.6 Å². The number of nitrogens with two attached hydrogens (primary N) is 1. The van der Waals surface area contributed by atoms with Gasteiger partial charge in [0.05, 0.1) is 6.10 Å². The molecule has 0 bridgehead atoms. The number of hydrogen-bond donors (Lipinski definition) is 1. The van der Waals surface area contributed by atoms with Crippen LogP contribution in [-0.4, -0.2) is 36.0 Å². The summed E-state index contributed by atoms with van der Waals surface area (Å²) in [6.07, 6.45) is 0.347. The monoisotopic (exact) mass is 194 g/mol. The van der Waals surface area contributed by atoms with E-state index in [1.54, 1.807) is 6.07 Å². The molecule has 5 nitrogen and oxygen atoms in total. The molecule has 2 heterocycles. The van der Waals surface area contributed by atoms with Crippen molar-refractivity contribution < 1.29 is 4.74 Å². The van der Waals surface area contributed by atoms with Gasteiger partial charge in [0.2, 0.25) is 0 Å². The molecule has 0 aliphatic carbocycles. The van der Waals surface area contributed by atoms with Gasteiger partial charge in [-0.3, -0.25) is 0 Å². The highest BCUT2D eigenvalue weighted by Gasteiger charge is 2.27. The topological polar surface area (TPSA) is 64.3 Å². The van der Waals surface area contributed by atoms with Gasteiger partial charge in [0.15, 0.2) is 5.82 Å². The van der Waals surface area contributed by atoms with E-state index in [4.69, 9.17) is 10.5 Å². The molecule has 0 radical (unpaired) electrons. The summed E-state index contributed by atoms with van der Waals surface area (Å²) in [5.74, 6) is 1.32. The van der Waals surface area contributed by atoms with Crippen LogP contribution in [0.25, 0.3) is 0 Å². The second-order valence-electron chi connectivity index (χ2n) is 3.30. The Labute approximate surface area is 82.9 Å². The van der Waals surface area contributed by atoms with Gasteiger partial charge in [-0.1, -0.05) is 0 Å². The summed E-state index contributed by atoms with van der Waals surface area (Å²) in [6, 6.07) is 3.64. The molecular formula is C9H14N4O. The summed E-state index contributed by atoms with van der Waals surface area (Å²) in [5.41, 5.74) is 5.44. The fourth-order valence-corrected chi connectivity index (χ4v) is 1.47. The van der Waals surface area contributed by atoms with Gasteiger partial charge < -0.3 is 15.4 Å². The zero-order valence-electron chi connectivity index (χ0n) is 8.18. The minimum Gasteiger partial charge on any atom is -0.382 e. The predicted octanol–water partition coefficient (Wildman–Crippen LogP) is 0.284. The maximum Gasteiger partial charge on any atom is 0.151 e. The average molecular weight is 194 g/mol. The maximum absolute atomic E-state index is 5.44. The zero-order valence-corrected chi connectivity index (χ0v) is 8.18. The van der Waals surface area contributed by atoms with Gasteiger partial charge in [-0.2, -0.15) is 0 Å². The van der Waals surface area contributed by atoms with Crippen LogP contribution in [0, 0.1) is 0 Å². The number of aromatic nitrogens is 2. The standard InChI is InChI=1S/C9H14N4O/c1-2-14-7-5-13(6-7)9-4-3-8(10)11-12-9/h3-4,7H,2,5-6H2,1H3,(H2,10,11). The van der Waals surface area contributed by atoms with Crippen LogP contribution in [0.15, 0.2) is 12.1 Å². The first kappa shape index (κ1) is 9.21. The van der Waals surface area contributed by atoms with Gasteiger partial charge in [0, 0.05) is 19.7 Å². The van der Waals surface area contributed by atoms with E-state index in [0.29, 0.717) is 11.9 Å². The first-order valence-electron chi connectivity index (χ1n) is 4.75. The average Bonchev–Trinajstić information content (AvgIpc) is 2.13. The SMILES string of the molecule is CCOC1CN(c2ccc(N)nn2)C1. The normalized spacial score (nSPS) is 16.8. The van der Waals surface area contributed by atoms with E-state index in [0.717, 1.165) is 25.5 Å². The molecule has 5 heteroatoms. The summed E-state index contributed by atoms with van der Waals surface area (Å²) < 4.78 is 5.44. The Morgan fingerprint density at radius 2 is 2.29 bits per heavy atom. The van der Waals surface area contributed by atoms with Crippen molar-refractivity contribution in [2.45, 2.75) is 13.0 Å². The van der Waals surface area contributed by atoms with Gasteiger partial charge >= 0.3 is 0 Å². The third-order valence-corrected chi connectivity index (χ3v) is 2.25. The molecule has 0 saturated carbocycles. The van der Waals surface area contributed by atoms with Gasteiger partial charge in [-0.25, -0.2) is 0 Å². The van der Waals surface area contributed by atoms with Gasteiger partial charge in [0.1, 0.15) is 5.82 Å². The Bertz CT molecular complexity index is 294. The predicted molar refractivity (Wildman–Crippen MR) is 54.1 cm³/mol. The van der Waals surface area contributed by atoms with Crippen molar-refractivity contribution in [2.75, 3.05) is 30.3 Å². The van der Waals surface area contributed by atoms with Crippen LogP contribution >= 0.6 is 0 Å². The Morgan fingerprint density at radius 1 is 1.50 bits per heavy atom.